The van der Waals surface area contributed by atoms with E-state index in [1.807, 2.05) is 6.07 Å². The number of halogens is 1. The molecule has 0 aliphatic heterocycles. The van der Waals surface area contributed by atoms with Crippen LogP contribution in [0.15, 0.2) is 48.0 Å². The molecule has 2 aromatic carbocycles. The van der Waals surface area contributed by atoms with Gasteiger partial charge in [-0.2, -0.15) is 10.5 Å². The summed E-state index contributed by atoms with van der Waals surface area (Å²) < 4.78 is 9.90. The molecule has 0 aromatic heterocycles. The Morgan fingerprint density at radius 2 is 1.89 bits per heavy atom. The maximum Gasteiger partial charge on any atom is 0.349 e. The predicted octanol–water partition coefficient (Wildman–Crippen LogP) is 3.31. The Kier molecular flexibility index (Phi) is 7.15. The average molecular weight is 396 g/mol. The standard InChI is InChI=1S/C20H14ClN3O4/c1-27-17-6-2-13(3-7-17)8-15(11-23)20(26)28-12-19(25)24-18-9-16(21)5-4-14(18)10-22/h2-9H,12H2,1H3,(H,24,25)/b15-8+. The molecule has 0 aliphatic rings. The van der Waals surface area contributed by atoms with E-state index in [9.17, 15) is 9.59 Å². The zero-order valence-electron chi connectivity index (χ0n) is 14.7. The highest BCUT2D eigenvalue weighted by Gasteiger charge is 2.14. The molecular formula is C20H14ClN3O4. The van der Waals surface area contributed by atoms with Crippen LogP contribution in [0.25, 0.3) is 6.08 Å². The summed E-state index contributed by atoms with van der Waals surface area (Å²) in [6, 6.07) is 14.7. The molecule has 2 rings (SSSR count). The van der Waals surface area contributed by atoms with Gasteiger partial charge in [0.15, 0.2) is 6.61 Å². The monoisotopic (exact) mass is 395 g/mol. The number of anilines is 1. The fraction of sp³-hybridized carbons (Fsp3) is 0.100. The van der Waals surface area contributed by atoms with Gasteiger partial charge in [0.2, 0.25) is 0 Å². The van der Waals surface area contributed by atoms with Gasteiger partial charge in [-0.25, -0.2) is 4.79 Å². The predicted molar refractivity (Wildman–Crippen MR) is 102 cm³/mol. The van der Waals surface area contributed by atoms with Crippen molar-refractivity contribution in [1.82, 2.24) is 0 Å². The lowest BCUT2D eigenvalue weighted by Gasteiger charge is -2.08. The fourth-order valence-electron chi connectivity index (χ4n) is 2.12. The van der Waals surface area contributed by atoms with Crippen molar-refractivity contribution in [2.45, 2.75) is 0 Å². The lowest BCUT2D eigenvalue weighted by atomic mass is 10.1. The maximum absolute atomic E-state index is 12.0. The molecule has 2 aromatic rings. The van der Waals surface area contributed by atoms with Crippen LogP contribution in [0.4, 0.5) is 5.69 Å². The van der Waals surface area contributed by atoms with E-state index in [1.54, 1.807) is 30.3 Å². The Bertz CT molecular complexity index is 1000. The van der Waals surface area contributed by atoms with Crippen molar-refractivity contribution >= 4 is 35.2 Å². The largest absolute Gasteiger partial charge is 0.497 e. The minimum Gasteiger partial charge on any atom is -0.497 e. The van der Waals surface area contributed by atoms with Crippen LogP contribution in [0.1, 0.15) is 11.1 Å². The number of nitrogens with one attached hydrogen (secondary N) is 1. The van der Waals surface area contributed by atoms with Crippen LogP contribution in [0, 0.1) is 22.7 Å². The number of nitrogens with zero attached hydrogens (tertiary/aromatic N) is 2. The Morgan fingerprint density at radius 1 is 1.18 bits per heavy atom. The first-order valence-corrected chi connectivity index (χ1v) is 8.27. The molecule has 140 valence electrons. The quantitative estimate of drug-likeness (QED) is 0.456. The molecule has 1 amide bonds. The summed E-state index contributed by atoms with van der Waals surface area (Å²) in [7, 11) is 1.52. The van der Waals surface area contributed by atoms with Gasteiger partial charge < -0.3 is 14.8 Å². The summed E-state index contributed by atoms with van der Waals surface area (Å²) >= 11 is 5.84. The number of nitriles is 2. The smallest absolute Gasteiger partial charge is 0.349 e. The van der Waals surface area contributed by atoms with Crippen molar-refractivity contribution in [3.63, 3.8) is 0 Å². The summed E-state index contributed by atoms with van der Waals surface area (Å²) in [5.74, 6) is -0.985. The average Bonchev–Trinajstić information content (AvgIpc) is 2.71. The number of benzene rings is 2. The maximum atomic E-state index is 12.0. The van der Waals surface area contributed by atoms with Crippen molar-refractivity contribution in [3.8, 4) is 17.9 Å². The van der Waals surface area contributed by atoms with Gasteiger partial charge in [0.1, 0.15) is 23.5 Å². The molecule has 0 bridgehead atoms. The van der Waals surface area contributed by atoms with Gasteiger partial charge in [-0.15, -0.1) is 0 Å². The van der Waals surface area contributed by atoms with Gasteiger partial charge in [-0.05, 0) is 42.0 Å². The van der Waals surface area contributed by atoms with Gasteiger partial charge in [0, 0.05) is 5.02 Å². The summed E-state index contributed by atoms with van der Waals surface area (Å²) in [5.41, 5.74) is 0.737. The summed E-state index contributed by atoms with van der Waals surface area (Å²) in [6.45, 7) is -0.627. The van der Waals surface area contributed by atoms with Gasteiger partial charge in [-0.3, -0.25) is 4.79 Å². The first kappa shape index (κ1) is 20.5. The lowest BCUT2D eigenvalue weighted by molar-refractivity contribution is -0.142. The van der Waals surface area contributed by atoms with Crippen LogP contribution in [0.2, 0.25) is 5.02 Å². The minimum atomic E-state index is -0.944. The van der Waals surface area contributed by atoms with Crippen molar-refractivity contribution in [2.24, 2.45) is 0 Å². The van der Waals surface area contributed by atoms with E-state index in [-0.39, 0.29) is 16.8 Å². The summed E-state index contributed by atoms with van der Waals surface area (Å²) in [5, 5.41) is 21.0. The van der Waals surface area contributed by atoms with E-state index in [4.69, 9.17) is 31.6 Å². The van der Waals surface area contributed by atoms with Gasteiger partial charge in [0.05, 0.1) is 18.4 Å². The second kappa shape index (κ2) is 9.77. The molecule has 8 heteroatoms. The summed E-state index contributed by atoms with van der Waals surface area (Å²) in [6.07, 6.45) is 1.34. The Morgan fingerprint density at radius 3 is 2.50 bits per heavy atom. The minimum absolute atomic E-state index is 0.199. The van der Waals surface area contributed by atoms with Crippen LogP contribution < -0.4 is 10.1 Å². The number of esters is 1. The number of amides is 1. The molecule has 0 radical (unpaired) electrons. The van der Waals surface area contributed by atoms with Gasteiger partial charge in [-0.1, -0.05) is 23.7 Å². The molecule has 0 spiro atoms. The van der Waals surface area contributed by atoms with E-state index in [0.29, 0.717) is 16.3 Å². The fourth-order valence-corrected chi connectivity index (χ4v) is 2.29. The van der Waals surface area contributed by atoms with Crippen molar-refractivity contribution in [2.75, 3.05) is 19.0 Å². The van der Waals surface area contributed by atoms with Crippen LogP contribution in [0.5, 0.6) is 5.75 Å². The zero-order chi connectivity index (χ0) is 20.5. The van der Waals surface area contributed by atoms with Crippen LogP contribution in [0.3, 0.4) is 0 Å². The molecular weight excluding hydrogens is 382 g/mol. The third-order valence-corrected chi connectivity index (χ3v) is 3.71. The molecule has 0 unspecified atom stereocenters. The third kappa shape index (κ3) is 5.60. The second-order valence-corrected chi connectivity index (χ2v) is 5.81. The number of carbonyl (C=O) groups excluding carboxylic acids is 2. The lowest BCUT2D eigenvalue weighted by Crippen LogP contribution is -2.21. The number of carbonyl (C=O) groups is 2. The number of rotatable bonds is 6. The summed E-state index contributed by atoms with van der Waals surface area (Å²) in [4.78, 5) is 24.0. The molecule has 0 atom stereocenters. The molecule has 28 heavy (non-hydrogen) atoms. The van der Waals surface area contributed by atoms with E-state index >= 15 is 0 Å². The van der Waals surface area contributed by atoms with E-state index < -0.39 is 18.5 Å². The topological polar surface area (TPSA) is 112 Å². The molecule has 0 heterocycles. The highest BCUT2D eigenvalue weighted by atomic mass is 35.5. The molecule has 0 fully saturated rings. The van der Waals surface area contributed by atoms with E-state index in [2.05, 4.69) is 5.32 Å². The molecule has 0 aliphatic carbocycles. The highest BCUT2D eigenvalue weighted by molar-refractivity contribution is 6.31. The van der Waals surface area contributed by atoms with Crippen molar-refractivity contribution < 1.29 is 19.1 Å². The van der Waals surface area contributed by atoms with Crippen LogP contribution in [-0.2, 0) is 14.3 Å². The number of ether oxygens (including phenoxy) is 2. The Balaban J connectivity index is 2.00. The number of hydrogen-bond donors (Lipinski definition) is 1. The Hall–Kier alpha value is -3.81. The van der Waals surface area contributed by atoms with Crippen LogP contribution >= 0.6 is 11.6 Å². The number of hydrogen-bond acceptors (Lipinski definition) is 6. The Labute approximate surface area is 166 Å². The molecule has 1 N–H and O–H groups in total. The van der Waals surface area contributed by atoms with Crippen molar-refractivity contribution in [3.05, 3.63) is 64.2 Å². The third-order valence-electron chi connectivity index (χ3n) is 3.48. The first-order chi connectivity index (χ1) is 13.5. The van der Waals surface area contributed by atoms with E-state index in [0.717, 1.165) is 0 Å². The highest BCUT2D eigenvalue weighted by Crippen LogP contribution is 2.20. The second-order valence-electron chi connectivity index (χ2n) is 5.37. The van der Waals surface area contributed by atoms with Crippen LogP contribution in [-0.4, -0.2) is 25.6 Å². The van der Waals surface area contributed by atoms with Crippen molar-refractivity contribution in [1.29, 1.82) is 10.5 Å². The molecule has 7 nitrogen and oxygen atoms in total. The SMILES string of the molecule is COc1ccc(/C=C(\C#N)C(=O)OCC(=O)Nc2cc(Cl)ccc2C#N)cc1. The number of methoxy groups -OCH3 is 1. The first-order valence-electron chi connectivity index (χ1n) is 7.89. The van der Waals surface area contributed by atoms with Gasteiger partial charge in [0.25, 0.3) is 5.91 Å². The molecule has 0 saturated heterocycles. The zero-order valence-corrected chi connectivity index (χ0v) is 15.5. The normalized spacial score (nSPS) is 10.4. The molecule has 0 saturated carbocycles. The van der Waals surface area contributed by atoms with E-state index in [1.165, 1.54) is 31.4 Å². The van der Waals surface area contributed by atoms with Gasteiger partial charge >= 0.3 is 5.97 Å².